The van der Waals surface area contributed by atoms with Crippen LogP contribution in [0.3, 0.4) is 0 Å². The first-order chi connectivity index (χ1) is 8.86. The van der Waals surface area contributed by atoms with E-state index in [1.54, 1.807) is 6.20 Å². The number of nitrogens with zero attached hydrogens (tertiary/aromatic N) is 1. The highest BCUT2D eigenvalue weighted by molar-refractivity contribution is 6.33. The number of benzene rings is 1. The zero-order chi connectivity index (χ0) is 12.4. The Morgan fingerprint density at radius 3 is 2.94 bits per heavy atom. The second-order valence-electron chi connectivity index (χ2n) is 4.15. The summed E-state index contributed by atoms with van der Waals surface area (Å²) in [6.45, 7) is 2.23. The fourth-order valence-corrected chi connectivity index (χ4v) is 2.37. The summed E-state index contributed by atoms with van der Waals surface area (Å²) < 4.78 is 5.63. The van der Waals surface area contributed by atoms with Crippen molar-refractivity contribution >= 4 is 11.6 Å². The molecule has 2 aromatic rings. The Kier molecular flexibility index (Phi) is 3.17. The molecule has 3 rings (SSSR count). The molecule has 0 spiro atoms. The Labute approximate surface area is 111 Å². The van der Waals surface area contributed by atoms with Crippen LogP contribution in [-0.2, 0) is 6.54 Å². The van der Waals surface area contributed by atoms with E-state index in [2.05, 4.69) is 10.3 Å². The van der Waals surface area contributed by atoms with E-state index in [0.717, 1.165) is 34.8 Å². The van der Waals surface area contributed by atoms with Crippen LogP contribution in [0.15, 0.2) is 36.5 Å². The lowest BCUT2D eigenvalue weighted by molar-refractivity contribution is 0.314. The molecule has 4 heteroatoms. The van der Waals surface area contributed by atoms with Gasteiger partial charge in [-0.15, -0.1) is 0 Å². The van der Waals surface area contributed by atoms with Gasteiger partial charge in [-0.3, -0.25) is 0 Å². The van der Waals surface area contributed by atoms with E-state index in [9.17, 15) is 0 Å². The molecule has 0 saturated heterocycles. The number of nitrogens with one attached hydrogen (secondary N) is 1. The molecule has 0 radical (unpaired) electrons. The van der Waals surface area contributed by atoms with E-state index in [0.29, 0.717) is 12.5 Å². The van der Waals surface area contributed by atoms with Crippen LogP contribution < -0.4 is 10.1 Å². The molecule has 0 unspecified atom stereocenters. The van der Waals surface area contributed by atoms with E-state index in [1.807, 2.05) is 30.3 Å². The Bertz CT molecular complexity index is 571. The Morgan fingerprint density at radius 1 is 1.17 bits per heavy atom. The average Bonchev–Trinajstić information content (AvgIpc) is 2.64. The summed E-state index contributed by atoms with van der Waals surface area (Å²) in [4.78, 5) is 4.29. The topological polar surface area (TPSA) is 34.2 Å². The van der Waals surface area contributed by atoms with Crippen molar-refractivity contribution in [2.24, 2.45) is 0 Å². The maximum absolute atomic E-state index is 6.26. The maximum atomic E-state index is 6.26. The van der Waals surface area contributed by atoms with Gasteiger partial charge in [0.2, 0.25) is 5.88 Å². The number of halogens is 1. The van der Waals surface area contributed by atoms with Gasteiger partial charge in [-0.25, -0.2) is 4.98 Å². The number of pyridine rings is 1. The smallest absolute Gasteiger partial charge is 0.218 e. The number of fused-ring (bicyclic) bond motifs is 1. The van der Waals surface area contributed by atoms with E-state index < -0.39 is 0 Å². The van der Waals surface area contributed by atoms with Crippen LogP contribution in [0.1, 0.15) is 5.56 Å². The van der Waals surface area contributed by atoms with Gasteiger partial charge in [-0.05, 0) is 17.7 Å². The molecule has 18 heavy (non-hydrogen) atoms. The minimum absolute atomic E-state index is 0.645. The van der Waals surface area contributed by atoms with Gasteiger partial charge in [0.25, 0.3) is 0 Å². The van der Waals surface area contributed by atoms with Gasteiger partial charge >= 0.3 is 0 Å². The summed E-state index contributed by atoms with van der Waals surface area (Å²) in [7, 11) is 0. The van der Waals surface area contributed by atoms with E-state index in [1.165, 1.54) is 0 Å². The van der Waals surface area contributed by atoms with Crippen molar-refractivity contribution in [2.75, 3.05) is 13.2 Å². The second-order valence-corrected chi connectivity index (χ2v) is 4.55. The molecule has 1 aromatic heterocycles. The minimum Gasteiger partial charge on any atom is -0.476 e. The van der Waals surface area contributed by atoms with Crippen molar-refractivity contribution in [3.63, 3.8) is 0 Å². The quantitative estimate of drug-likeness (QED) is 0.856. The molecule has 2 heterocycles. The number of hydrogen-bond acceptors (Lipinski definition) is 3. The highest BCUT2D eigenvalue weighted by Gasteiger charge is 2.16. The summed E-state index contributed by atoms with van der Waals surface area (Å²) in [6.07, 6.45) is 1.77. The van der Waals surface area contributed by atoms with Crippen LogP contribution in [0.2, 0.25) is 5.02 Å². The normalized spacial score (nSPS) is 14.5. The SMILES string of the molecule is Clc1ccccc1-c1ccnc2c1CNCCO2. The lowest BCUT2D eigenvalue weighted by atomic mass is 10.0. The molecule has 0 saturated carbocycles. The van der Waals surface area contributed by atoms with Gasteiger partial charge in [0.15, 0.2) is 0 Å². The van der Waals surface area contributed by atoms with E-state index in [-0.39, 0.29) is 0 Å². The molecule has 1 aliphatic heterocycles. The summed E-state index contributed by atoms with van der Waals surface area (Å²) in [5.41, 5.74) is 3.17. The van der Waals surface area contributed by atoms with Crippen molar-refractivity contribution < 1.29 is 4.74 Å². The Balaban J connectivity index is 2.16. The van der Waals surface area contributed by atoms with Crippen LogP contribution >= 0.6 is 11.6 Å². The molecule has 1 aliphatic rings. The van der Waals surface area contributed by atoms with Crippen LogP contribution in [0.25, 0.3) is 11.1 Å². The van der Waals surface area contributed by atoms with Gasteiger partial charge in [-0.2, -0.15) is 0 Å². The summed E-state index contributed by atoms with van der Waals surface area (Å²) >= 11 is 6.26. The van der Waals surface area contributed by atoms with E-state index >= 15 is 0 Å². The molecule has 0 aliphatic carbocycles. The third-order valence-electron chi connectivity index (χ3n) is 3.00. The van der Waals surface area contributed by atoms with Crippen LogP contribution in [-0.4, -0.2) is 18.1 Å². The largest absolute Gasteiger partial charge is 0.476 e. The number of ether oxygens (including phenoxy) is 1. The second kappa shape index (κ2) is 4.96. The van der Waals surface area contributed by atoms with Crippen molar-refractivity contribution in [1.82, 2.24) is 10.3 Å². The molecule has 3 nitrogen and oxygen atoms in total. The lowest BCUT2D eigenvalue weighted by Gasteiger charge is -2.12. The standard InChI is InChI=1S/C14H13ClN2O/c15-13-4-2-1-3-11(13)10-5-6-17-14-12(10)9-16-7-8-18-14/h1-6,16H,7-9H2. The van der Waals surface area contributed by atoms with Gasteiger partial charge < -0.3 is 10.1 Å². The Hall–Kier alpha value is -1.58. The lowest BCUT2D eigenvalue weighted by Crippen LogP contribution is -2.16. The molecular formula is C14H13ClN2O. The number of hydrogen-bond donors (Lipinski definition) is 1. The third-order valence-corrected chi connectivity index (χ3v) is 3.33. The summed E-state index contributed by atoms with van der Waals surface area (Å²) in [5.74, 6) is 0.706. The fourth-order valence-electron chi connectivity index (χ4n) is 2.13. The molecular weight excluding hydrogens is 248 g/mol. The van der Waals surface area contributed by atoms with Gasteiger partial charge in [-0.1, -0.05) is 29.8 Å². The highest BCUT2D eigenvalue weighted by atomic mass is 35.5. The van der Waals surface area contributed by atoms with E-state index in [4.69, 9.17) is 16.3 Å². The summed E-state index contributed by atoms with van der Waals surface area (Å²) in [5, 5.41) is 4.07. The fraction of sp³-hybridized carbons (Fsp3) is 0.214. The summed E-state index contributed by atoms with van der Waals surface area (Å²) in [6, 6.07) is 9.81. The van der Waals surface area contributed by atoms with Crippen molar-refractivity contribution in [3.05, 3.63) is 47.1 Å². The maximum Gasteiger partial charge on any atom is 0.218 e. The molecule has 0 bridgehead atoms. The highest BCUT2D eigenvalue weighted by Crippen LogP contribution is 2.33. The van der Waals surface area contributed by atoms with Gasteiger partial charge in [0.1, 0.15) is 6.61 Å². The molecule has 1 N–H and O–H groups in total. The molecule has 0 amide bonds. The van der Waals surface area contributed by atoms with Crippen LogP contribution in [0, 0.1) is 0 Å². The predicted octanol–water partition coefficient (Wildman–Crippen LogP) is 2.88. The van der Waals surface area contributed by atoms with Crippen molar-refractivity contribution in [2.45, 2.75) is 6.54 Å². The predicted molar refractivity (Wildman–Crippen MR) is 71.9 cm³/mol. The van der Waals surface area contributed by atoms with Crippen LogP contribution in [0.5, 0.6) is 5.88 Å². The molecule has 1 aromatic carbocycles. The van der Waals surface area contributed by atoms with Crippen molar-refractivity contribution in [1.29, 1.82) is 0 Å². The molecule has 0 fully saturated rings. The first kappa shape index (κ1) is 11.5. The Morgan fingerprint density at radius 2 is 2.06 bits per heavy atom. The molecule has 92 valence electrons. The van der Waals surface area contributed by atoms with Crippen molar-refractivity contribution in [3.8, 4) is 17.0 Å². The zero-order valence-corrected chi connectivity index (χ0v) is 10.6. The number of aromatic nitrogens is 1. The van der Waals surface area contributed by atoms with Crippen LogP contribution in [0.4, 0.5) is 0 Å². The van der Waals surface area contributed by atoms with Gasteiger partial charge in [0.05, 0.1) is 0 Å². The average molecular weight is 261 g/mol. The minimum atomic E-state index is 0.645. The monoisotopic (exact) mass is 260 g/mol. The zero-order valence-electron chi connectivity index (χ0n) is 9.82. The third kappa shape index (κ3) is 2.07. The van der Waals surface area contributed by atoms with Gasteiger partial charge in [0, 0.05) is 35.4 Å². The first-order valence-corrected chi connectivity index (χ1v) is 6.30. The number of rotatable bonds is 1. The molecule has 0 atom stereocenters. The first-order valence-electron chi connectivity index (χ1n) is 5.92.